The van der Waals surface area contributed by atoms with E-state index >= 15 is 0 Å². The number of nitrogens with one attached hydrogen (secondary N) is 1. The normalized spacial score (nSPS) is 11.8. The van der Waals surface area contributed by atoms with Crippen LogP contribution < -0.4 is 10.1 Å². The number of hydrogen-bond donors (Lipinski definition) is 1. The molecule has 1 atom stereocenters. The lowest BCUT2D eigenvalue weighted by Crippen LogP contribution is -2.30. The Labute approximate surface area is 133 Å². The average Bonchev–Trinajstić information content (AvgIpc) is 2.54. The highest BCUT2D eigenvalue weighted by molar-refractivity contribution is 8.00. The minimum absolute atomic E-state index is 0.129. The topological polar surface area (TPSA) is 38.3 Å². The SMILES string of the molecule is COc1cccc(CNC(=O)C(C)Sc2ccccc2F)c1. The summed E-state index contributed by atoms with van der Waals surface area (Å²) in [6, 6.07) is 14.0. The maximum absolute atomic E-state index is 13.6. The van der Waals surface area contributed by atoms with Gasteiger partial charge in [0.15, 0.2) is 0 Å². The molecule has 22 heavy (non-hydrogen) atoms. The molecule has 0 aromatic heterocycles. The minimum Gasteiger partial charge on any atom is -0.497 e. The van der Waals surface area contributed by atoms with Gasteiger partial charge in [0.2, 0.25) is 5.91 Å². The Morgan fingerprint density at radius 2 is 2.05 bits per heavy atom. The van der Waals surface area contributed by atoms with Gasteiger partial charge in [0, 0.05) is 11.4 Å². The van der Waals surface area contributed by atoms with Crippen LogP contribution in [0.15, 0.2) is 53.4 Å². The highest BCUT2D eigenvalue weighted by Crippen LogP contribution is 2.25. The predicted octanol–water partition coefficient (Wildman–Crippen LogP) is 3.63. The van der Waals surface area contributed by atoms with Gasteiger partial charge in [-0.1, -0.05) is 24.3 Å². The van der Waals surface area contributed by atoms with Crippen LogP contribution in [0.1, 0.15) is 12.5 Å². The van der Waals surface area contributed by atoms with Crippen LogP contribution in [-0.4, -0.2) is 18.3 Å². The Kier molecular flexibility index (Phi) is 5.83. The van der Waals surface area contributed by atoms with Crippen molar-refractivity contribution in [1.82, 2.24) is 5.32 Å². The van der Waals surface area contributed by atoms with E-state index in [1.54, 1.807) is 32.2 Å². The highest BCUT2D eigenvalue weighted by atomic mass is 32.2. The molecule has 3 nitrogen and oxygen atoms in total. The molecule has 5 heteroatoms. The number of thioether (sulfide) groups is 1. The van der Waals surface area contributed by atoms with Gasteiger partial charge >= 0.3 is 0 Å². The molecule has 0 aliphatic heterocycles. The molecule has 0 radical (unpaired) electrons. The van der Waals surface area contributed by atoms with E-state index in [-0.39, 0.29) is 17.0 Å². The molecule has 2 rings (SSSR count). The fourth-order valence-electron chi connectivity index (χ4n) is 1.90. The molecule has 1 unspecified atom stereocenters. The molecule has 0 aliphatic rings. The number of benzene rings is 2. The standard InChI is InChI=1S/C17H18FNO2S/c1-12(22-16-9-4-3-8-15(16)18)17(20)19-11-13-6-5-7-14(10-13)21-2/h3-10,12H,11H2,1-2H3,(H,19,20). The third-order valence-electron chi connectivity index (χ3n) is 3.11. The zero-order chi connectivity index (χ0) is 15.9. The van der Waals surface area contributed by atoms with Gasteiger partial charge in [-0.3, -0.25) is 4.79 Å². The number of halogens is 1. The van der Waals surface area contributed by atoms with Gasteiger partial charge in [-0.15, -0.1) is 11.8 Å². The van der Waals surface area contributed by atoms with Crippen molar-refractivity contribution in [2.24, 2.45) is 0 Å². The van der Waals surface area contributed by atoms with E-state index in [2.05, 4.69) is 5.32 Å². The van der Waals surface area contributed by atoms with Crippen LogP contribution in [0.4, 0.5) is 4.39 Å². The Morgan fingerprint density at radius 3 is 2.77 bits per heavy atom. The number of amides is 1. The van der Waals surface area contributed by atoms with Crippen LogP contribution in [0.3, 0.4) is 0 Å². The zero-order valence-corrected chi connectivity index (χ0v) is 13.3. The molecule has 1 N–H and O–H groups in total. The molecule has 2 aromatic carbocycles. The van der Waals surface area contributed by atoms with Gasteiger partial charge in [-0.25, -0.2) is 4.39 Å². The van der Waals surface area contributed by atoms with E-state index in [9.17, 15) is 9.18 Å². The molecule has 1 amide bonds. The molecule has 0 bridgehead atoms. The summed E-state index contributed by atoms with van der Waals surface area (Å²) in [5.41, 5.74) is 0.954. The Hall–Kier alpha value is -2.01. The van der Waals surface area contributed by atoms with Gasteiger partial charge in [-0.2, -0.15) is 0 Å². The molecule has 0 saturated heterocycles. The summed E-state index contributed by atoms with van der Waals surface area (Å²) in [4.78, 5) is 12.6. The van der Waals surface area contributed by atoms with Crippen LogP contribution >= 0.6 is 11.8 Å². The number of carbonyl (C=O) groups excluding carboxylic acids is 1. The molecule has 2 aromatic rings. The summed E-state index contributed by atoms with van der Waals surface area (Å²) in [6.07, 6.45) is 0. The average molecular weight is 319 g/mol. The van der Waals surface area contributed by atoms with E-state index in [4.69, 9.17) is 4.74 Å². The summed E-state index contributed by atoms with van der Waals surface area (Å²) in [6.45, 7) is 2.18. The fourth-order valence-corrected chi connectivity index (χ4v) is 2.81. The van der Waals surface area contributed by atoms with Crippen molar-refractivity contribution >= 4 is 17.7 Å². The van der Waals surface area contributed by atoms with Crippen molar-refractivity contribution in [3.05, 3.63) is 59.9 Å². The maximum atomic E-state index is 13.6. The number of hydrogen-bond acceptors (Lipinski definition) is 3. The molecule has 0 heterocycles. The van der Waals surface area contributed by atoms with Crippen LogP contribution in [0.25, 0.3) is 0 Å². The van der Waals surface area contributed by atoms with E-state index in [1.165, 1.54) is 17.8 Å². The van der Waals surface area contributed by atoms with Gasteiger partial charge in [0.05, 0.1) is 12.4 Å². The smallest absolute Gasteiger partial charge is 0.233 e. The predicted molar refractivity (Wildman–Crippen MR) is 86.6 cm³/mol. The summed E-state index contributed by atoms with van der Waals surface area (Å²) < 4.78 is 18.7. The van der Waals surface area contributed by atoms with E-state index < -0.39 is 0 Å². The zero-order valence-electron chi connectivity index (χ0n) is 12.5. The van der Waals surface area contributed by atoms with Gasteiger partial charge in [0.25, 0.3) is 0 Å². The molecule has 0 spiro atoms. The fraction of sp³-hybridized carbons (Fsp3) is 0.235. The first-order chi connectivity index (χ1) is 10.6. The second-order valence-electron chi connectivity index (χ2n) is 4.76. The summed E-state index contributed by atoms with van der Waals surface area (Å²) in [5, 5.41) is 2.48. The highest BCUT2D eigenvalue weighted by Gasteiger charge is 2.15. The van der Waals surface area contributed by atoms with Crippen molar-refractivity contribution in [2.45, 2.75) is 23.6 Å². The second-order valence-corrected chi connectivity index (χ2v) is 6.14. The van der Waals surface area contributed by atoms with Crippen molar-refractivity contribution < 1.29 is 13.9 Å². The summed E-state index contributed by atoms with van der Waals surface area (Å²) in [7, 11) is 1.60. The molecular weight excluding hydrogens is 301 g/mol. The first-order valence-corrected chi connectivity index (χ1v) is 7.80. The molecule has 116 valence electrons. The number of carbonyl (C=O) groups is 1. The van der Waals surface area contributed by atoms with E-state index in [0.717, 1.165) is 11.3 Å². The summed E-state index contributed by atoms with van der Waals surface area (Å²) in [5.74, 6) is 0.316. The first kappa shape index (κ1) is 16.4. The lowest BCUT2D eigenvalue weighted by atomic mass is 10.2. The van der Waals surface area contributed by atoms with Gasteiger partial charge < -0.3 is 10.1 Å². The van der Waals surface area contributed by atoms with E-state index in [1.807, 2.05) is 24.3 Å². The first-order valence-electron chi connectivity index (χ1n) is 6.92. The van der Waals surface area contributed by atoms with Gasteiger partial charge in [-0.05, 0) is 36.8 Å². The van der Waals surface area contributed by atoms with Gasteiger partial charge in [0.1, 0.15) is 11.6 Å². The quantitative estimate of drug-likeness (QED) is 0.826. The van der Waals surface area contributed by atoms with Crippen LogP contribution in [0, 0.1) is 5.82 Å². The number of rotatable bonds is 6. The summed E-state index contributed by atoms with van der Waals surface area (Å²) >= 11 is 1.21. The molecule has 0 saturated carbocycles. The van der Waals surface area contributed by atoms with E-state index in [0.29, 0.717) is 11.4 Å². The maximum Gasteiger partial charge on any atom is 0.233 e. The molecule has 0 fully saturated rings. The minimum atomic E-state index is -0.373. The Balaban J connectivity index is 1.90. The molecular formula is C17H18FNO2S. The second kappa shape index (κ2) is 7.84. The van der Waals surface area contributed by atoms with Crippen molar-refractivity contribution in [3.8, 4) is 5.75 Å². The number of ether oxygens (including phenoxy) is 1. The van der Waals surface area contributed by atoms with Crippen molar-refractivity contribution in [1.29, 1.82) is 0 Å². The lowest BCUT2D eigenvalue weighted by molar-refractivity contribution is -0.120. The Bertz CT molecular complexity index is 648. The lowest BCUT2D eigenvalue weighted by Gasteiger charge is -2.13. The van der Waals surface area contributed by atoms with Crippen molar-refractivity contribution in [3.63, 3.8) is 0 Å². The molecule has 0 aliphatic carbocycles. The van der Waals surface area contributed by atoms with Crippen LogP contribution in [0.5, 0.6) is 5.75 Å². The van der Waals surface area contributed by atoms with Crippen LogP contribution in [-0.2, 0) is 11.3 Å². The monoisotopic (exact) mass is 319 g/mol. The Morgan fingerprint density at radius 1 is 1.27 bits per heavy atom. The number of methoxy groups -OCH3 is 1. The third-order valence-corrected chi connectivity index (χ3v) is 4.26. The van der Waals surface area contributed by atoms with Crippen molar-refractivity contribution in [2.75, 3.05) is 7.11 Å². The van der Waals surface area contributed by atoms with Crippen LogP contribution in [0.2, 0.25) is 0 Å². The third kappa shape index (κ3) is 4.49. The largest absolute Gasteiger partial charge is 0.497 e.